The molecule has 2 saturated heterocycles. The number of aromatic nitrogens is 2. The molecule has 3 rings (SSSR count). The first-order valence-corrected chi connectivity index (χ1v) is 11.5. The van der Waals surface area contributed by atoms with Gasteiger partial charge in [0.15, 0.2) is 0 Å². The number of amides is 2. The summed E-state index contributed by atoms with van der Waals surface area (Å²) >= 11 is 0. The summed E-state index contributed by atoms with van der Waals surface area (Å²) in [6.07, 6.45) is 12.2. The molecule has 7 nitrogen and oxygen atoms in total. The number of piperidine rings is 1. The third-order valence-electron chi connectivity index (χ3n) is 6.26. The Hall–Kier alpha value is -1.89. The number of nitrogens with zero attached hydrogens (tertiary/aromatic N) is 4. The Morgan fingerprint density at radius 3 is 2.79 bits per heavy atom. The van der Waals surface area contributed by atoms with Crippen molar-refractivity contribution in [1.82, 2.24) is 24.7 Å². The molecule has 0 bridgehead atoms. The minimum Gasteiger partial charge on any atom is -0.356 e. The molecule has 2 aliphatic rings. The van der Waals surface area contributed by atoms with Crippen LogP contribution >= 0.6 is 0 Å². The van der Waals surface area contributed by atoms with E-state index >= 15 is 0 Å². The zero-order chi connectivity index (χ0) is 20.5. The Bertz CT molecular complexity index is 659. The number of nitrogens with one attached hydrogen (secondary N) is 1. The molecule has 1 atom stereocenters. The van der Waals surface area contributed by atoms with Crippen LogP contribution in [0.5, 0.6) is 0 Å². The molecule has 7 heteroatoms. The fraction of sp³-hybridized carbons (Fsp3) is 0.773. The van der Waals surface area contributed by atoms with Gasteiger partial charge < -0.3 is 14.8 Å². The van der Waals surface area contributed by atoms with Gasteiger partial charge in [-0.1, -0.05) is 13.3 Å². The molecule has 1 N–H and O–H groups in total. The van der Waals surface area contributed by atoms with Crippen molar-refractivity contribution in [3.05, 3.63) is 18.2 Å². The van der Waals surface area contributed by atoms with Crippen LogP contribution in [0.3, 0.4) is 0 Å². The van der Waals surface area contributed by atoms with Crippen LogP contribution in [0.25, 0.3) is 0 Å². The van der Waals surface area contributed by atoms with Crippen molar-refractivity contribution in [2.75, 3.05) is 32.7 Å². The van der Waals surface area contributed by atoms with Crippen LogP contribution in [-0.2, 0) is 22.6 Å². The molecule has 0 radical (unpaired) electrons. The van der Waals surface area contributed by atoms with Gasteiger partial charge in [-0.15, -0.1) is 0 Å². The van der Waals surface area contributed by atoms with Crippen LogP contribution in [-0.4, -0.2) is 69.9 Å². The van der Waals surface area contributed by atoms with Gasteiger partial charge in [0.25, 0.3) is 0 Å². The zero-order valence-electron chi connectivity index (χ0n) is 17.9. The lowest BCUT2D eigenvalue weighted by molar-refractivity contribution is -0.131. The SMILES string of the molecule is CCc1nccn1CCC(=O)N1CCCCNC(=O)CC2CCCCN2CCC1. The molecule has 162 valence electrons. The molecule has 3 heterocycles. The highest BCUT2D eigenvalue weighted by Crippen LogP contribution is 2.20. The van der Waals surface area contributed by atoms with E-state index in [2.05, 4.69) is 26.7 Å². The van der Waals surface area contributed by atoms with Crippen LogP contribution in [0.15, 0.2) is 12.4 Å². The molecule has 2 fully saturated rings. The van der Waals surface area contributed by atoms with E-state index in [1.165, 1.54) is 12.8 Å². The average Bonchev–Trinajstić information content (AvgIpc) is 3.19. The summed E-state index contributed by atoms with van der Waals surface area (Å²) in [6.45, 7) is 7.14. The van der Waals surface area contributed by atoms with Gasteiger partial charge in [0.2, 0.25) is 11.8 Å². The smallest absolute Gasteiger partial charge is 0.224 e. The maximum Gasteiger partial charge on any atom is 0.224 e. The molecule has 0 aromatic carbocycles. The standard InChI is InChI=1S/C22H37N5O2/c1-2-20-23-11-17-26(20)16-9-22(29)27-13-6-4-10-24-21(28)18-19-8-3-5-12-25(19)14-7-15-27/h11,17,19H,2-10,12-16,18H2,1H3,(H,24,28). The molecule has 1 unspecified atom stereocenters. The molecule has 2 aliphatic heterocycles. The van der Waals surface area contributed by atoms with Crippen LogP contribution in [0.2, 0.25) is 0 Å². The Kier molecular flexibility index (Phi) is 8.52. The van der Waals surface area contributed by atoms with Gasteiger partial charge in [0.05, 0.1) is 0 Å². The van der Waals surface area contributed by atoms with Crippen molar-refractivity contribution in [3.63, 3.8) is 0 Å². The lowest BCUT2D eigenvalue weighted by Crippen LogP contribution is -2.44. The molecule has 1 aromatic rings. The minimum absolute atomic E-state index is 0.182. The van der Waals surface area contributed by atoms with Crippen molar-refractivity contribution in [3.8, 4) is 0 Å². The summed E-state index contributed by atoms with van der Waals surface area (Å²) < 4.78 is 2.09. The molecule has 0 aliphatic carbocycles. The Labute approximate surface area is 174 Å². The predicted molar refractivity (Wildman–Crippen MR) is 113 cm³/mol. The largest absolute Gasteiger partial charge is 0.356 e. The monoisotopic (exact) mass is 403 g/mol. The van der Waals surface area contributed by atoms with E-state index in [-0.39, 0.29) is 11.8 Å². The van der Waals surface area contributed by atoms with Crippen LogP contribution < -0.4 is 5.32 Å². The van der Waals surface area contributed by atoms with E-state index in [9.17, 15) is 9.59 Å². The number of carbonyl (C=O) groups is 2. The summed E-state index contributed by atoms with van der Waals surface area (Å²) in [5, 5.41) is 3.08. The third-order valence-corrected chi connectivity index (χ3v) is 6.26. The summed E-state index contributed by atoms with van der Waals surface area (Å²) in [6, 6.07) is 0.363. The fourth-order valence-corrected chi connectivity index (χ4v) is 4.59. The highest BCUT2D eigenvalue weighted by atomic mass is 16.2. The van der Waals surface area contributed by atoms with Crippen LogP contribution in [0, 0.1) is 0 Å². The second-order valence-electron chi connectivity index (χ2n) is 8.32. The number of hydrogen-bond donors (Lipinski definition) is 1. The fourth-order valence-electron chi connectivity index (χ4n) is 4.59. The number of hydrogen-bond acceptors (Lipinski definition) is 4. The number of fused-ring (bicyclic) bond motifs is 1. The third kappa shape index (κ3) is 6.56. The lowest BCUT2D eigenvalue weighted by Gasteiger charge is -2.35. The normalized spacial score (nSPS) is 22.7. The second-order valence-corrected chi connectivity index (χ2v) is 8.32. The molecule has 1 aromatic heterocycles. The van der Waals surface area contributed by atoms with Gasteiger partial charge in [0.1, 0.15) is 5.82 Å². The first kappa shape index (κ1) is 21.8. The van der Waals surface area contributed by atoms with Gasteiger partial charge in [-0.3, -0.25) is 14.5 Å². The molecule has 0 spiro atoms. The maximum absolute atomic E-state index is 12.9. The van der Waals surface area contributed by atoms with Crippen molar-refractivity contribution in [2.45, 2.75) is 77.3 Å². The summed E-state index contributed by atoms with van der Waals surface area (Å²) in [5.41, 5.74) is 0. The quantitative estimate of drug-likeness (QED) is 0.837. The zero-order valence-corrected chi connectivity index (χ0v) is 17.9. The topological polar surface area (TPSA) is 70.5 Å². The Morgan fingerprint density at radius 2 is 1.93 bits per heavy atom. The van der Waals surface area contributed by atoms with Crippen LogP contribution in [0.1, 0.15) is 64.1 Å². The van der Waals surface area contributed by atoms with Crippen molar-refractivity contribution >= 4 is 11.8 Å². The summed E-state index contributed by atoms with van der Waals surface area (Å²) in [7, 11) is 0. The second kappa shape index (κ2) is 11.3. The van der Waals surface area contributed by atoms with Crippen LogP contribution in [0.4, 0.5) is 0 Å². The van der Waals surface area contributed by atoms with Gasteiger partial charge in [0, 0.05) is 70.4 Å². The van der Waals surface area contributed by atoms with E-state index in [1.54, 1.807) is 0 Å². The lowest BCUT2D eigenvalue weighted by atomic mass is 9.98. The number of rotatable bonds is 4. The Balaban J connectivity index is 1.56. The molecule has 2 amide bonds. The first-order chi connectivity index (χ1) is 14.2. The first-order valence-electron chi connectivity index (χ1n) is 11.5. The average molecular weight is 404 g/mol. The van der Waals surface area contributed by atoms with Crippen molar-refractivity contribution in [2.24, 2.45) is 0 Å². The van der Waals surface area contributed by atoms with Gasteiger partial charge >= 0.3 is 0 Å². The van der Waals surface area contributed by atoms with Gasteiger partial charge in [-0.25, -0.2) is 4.98 Å². The van der Waals surface area contributed by atoms with Gasteiger partial charge in [-0.05, 0) is 38.6 Å². The maximum atomic E-state index is 12.9. The molecular formula is C22H37N5O2. The summed E-state index contributed by atoms with van der Waals surface area (Å²) in [4.78, 5) is 34.0. The van der Waals surface area contributed by atoms with Crippen molar-refractivity contribution in [1.29, 1.82) is 0 Å². The highest BCUT2D eigenvalue weighted by molar-refractivity contribution is 5.76. The van der Waals surface area contributed by atoms with E-state index < -0.39 is 0 Å². The van der Waals surface area contributed by atoms with E-state index in [4.69, 9.17) is 0 Å². The highest BCUT2D eigenvalue weighted by Gasteiger charge is 2.25. The number of aryl methyl sites for hydroxylation is 2. The molecular weight excluding hydrogens is 366 g/mol. The minimum atomic E-state index is 0.182. The molecule has 0 saturated carbocycles. The summed E-state index contributed by atoms with van der Waals surface area (Å²) in [5.74, 6) is 1.45. The number of imidazole rings is 1. The number of carbonyl (C=O) groups excluding carboxylic acids is 2. The van der Waals surface area contributed by atoms with E-state index in [0.717, 1.165) is 64.1 Å². The van der Waals surface area contributed by atoms with E-state index in [0.29, 0.717) is 32.0 Å². The molecule has 29 heavy (non-hydrogen) atoms. The van der Waals surface area contributed by atoms with Crippen molar-refractivity contribution < 1.29 is 9.59 Å². The van der Waals surface area contributed by atoms with E-state index in [1.807, 2.05) is 17.3 Å². The predicted octanol–water partition coefficient (Wildman–Crippen LogP) is 2.21. The Morgan fingerprint density at radius 1 is 1.14 bits per heavy atom. The van der Waals surface area contributed by atoms with Gasteiger partial charge in [-0.2, -0.15) is 0 Å².